The molecule has 1 saturated heterocycles. The summed E-state index contributed by atoms with van der Waals surface area (Å²) in [5, 5.41) is 3.83. The molecule has 21 heavy (non-hydrogen) atoms. The summed E-state index contributed by atoms with van der Waals surface area (Å²) in [6.45, 7) is 6.59. The summed E-state index contributed by atoms with van der Waals surface area (Å²) in [4.78, 5) is 3.06. The number of rotatable bonds is 6. The van der Waals surface area contributed by atoms with E-state index in [4.69, 9.17) is 4.74 Å². The minimum atomic E-state index is 0.250. The fourth-order valence-electron chi connectivity index (χ4n) is 3.82. The lowest BCUT2D eigenvalue weighted by molar-refractivity contribution is -0.147. The molecule has 1 aliphatic carbocycles. The molecule has 1 aromatic rings. The van der Waals surface area contributed by atoms with Crippen LogP contribution in [0.2, 0.25) is 0 Å². The van der Waals surface area contributed by atoms with Crippen molar-refractivity contribution in [2.45, 2.75) is 70.4 Å². The average molecular weight is 308 g/mol. The Labute approximate surface area is 133 Å². The quantitative estimate of drug-likeness (QED) is 0.822. The molecule has 1 aromatic heterocycles. The van der Waals surface area contributed by atoms with Crippen molar-refractivity contribution >= 4 is 11.3 Å². The minimum Gasteiger partial charge on any atom is -0.375 e. The van der Waals surface area contributed by atoms with Crippen LogP contribution >= 0.6 is 11.3 Å². The summed E-state index contributed by atoms with van der Waals surface area (Å²) in [7, 11) is 0. The van der Waals surface area contributed by atoms with Gasteiger partial charge in [-0.25, -0.2) is 0 Å². The van der Waals surface area contributed by atoms with Crippen LogP contribution in [0.25, 0.3) is 0 Å². The Bertz CT molecular complexity index is 452. The van der Waals surface area contributed by atoms with Crippen LogP contribution in [0.1, 0.15) is 68.2 Å². The molecule has 3 rings (SSSR count). The molecule has 2 fully saturated rings. The molecule has 2 heterocycles. The third kappa shape index (κ3) is 3.35. The van der Waals surface area contributed by atoms with Gasteiger partial charge in [0.2, 0.25) is 0 Å². The van der Waals surface area contributed by atoms with Crippen LogP contribution in [0.5, 0.6) is 0 Å². The molecular weight excluding hydrogens is 278 g/mol. The van der Waals surface area contributed by atoms with E-state index in [1.54, 1.807) is 4.88 Å². The van der Waals surface area contributed by atoms with Crippen LogP contribution in [-0.4, -0.2) is 18.8 Å². The Balaban J connectivity index is 1.74. The van der Waals surface area contributed by atoms with E-state index in [1.807, 2.05) is 11.3 Å². The van der Waals surface area contributed by atoms with Crippen molar-refractivity contribution in [3.8, 4) is 0 Å². The van der Waals surface area contributed by atoms with Gasteiger partial charge in [0.05, 0.1) is 5.60 Å². The van der Waals surface area contributed by atoms with Gasteiger partial charge < -0.3 is 10.1 Å². The zero-order chi connectivity index (χ0) is 14.7. The fraction of sp³-hybridized carbons (Fsp3) is 0.778. The molecular formula is C18H29NOS. The Morgan fingerprint density at radius 3 is 2.86 bits per heavy atom. The highest BCUT2D eigenvalue weighted by atomic mass is 32.1. The first-order valence-electron chi connectivity index (χ1n) is 8.72. The number of hydrogen-bond acceptors (Lipinski definition) is 3. The molecule has 0 amide bonds. The van der Waals surface area contributed by atoms with E-state index in [0.717, 1.165) is 25.5 Å². The maximum atomic E-state index is 6.12. The first kappa shape index (κ1) is 15.5. The lowest BCUT2D eigenvalue weighted by Crippen LogP contribution is -2.48. The molecule has 118 valence electrons. The van der Waals surface area contributed by atoms with E-state index in [9.17, 15) is 0 Å². The van der Waals surface area contributed by atoms with Crippen LogP contribution in [0, 0.1) is 5.92 Å². The van der Waals surface area contributed by atoms with Gasteiger partial charge in [-0.3, -0.25) is 0 Å². The van der Waals surface area contributed by atoms with E-state index in [2.05, 4.69) is 31.3 Å². The van der Waals surface area contributed by atoms with Crippen molar-refractivity contribution in [2.75, 3.05) is 13.2 Å². The van der Waals surface area contributed by atoms with E-state index >= 15 is 0 Å². The smallest absolute Gasteiger partial charge is 0.0686 e. The maximum absolute atomic E-state index is 6.12. The van der Waals surface area contributed by atoms with Gasteiger partial charge in [0.1, 0.15) is 0 Å². The molecule has 2 unspecified atom stereocenters. The molecule has 1 saturated carbocycles. The molecule has 2 nitrogen and oxygen atoms in total. The zero-order valence-corrected chi connectivity index (χ0v) is 14.3. The van der Waals surface area contributed by atoms with E-state index < -0.39 is 0 Å². The summed E-state index contributed by atoms with van der Waals surface area (Å²) in [5.74, 6) is 0.744. The lowest BCUT2D eigenvalue weighted by atomic mass is 9.70. The molecule has 3 heteroatoms. The SMILES string of the molecule is CCCNC(c1ccc(CC)s1)C1CCOC2(CCC2)C1. The van der Waals surface area contributed by atoms with Crippen LogP contribution in [0.15, 0.2) is 12.1 Å². The Hall–Kier alpha value is -0.380. The van der Waals surface area contributed by atoms with Crippen molar-refractivity contribution in [2.24, 2.45) is 5.92 Å². The van der Waals surface area contributed by atoms with Gasteiger partial charge in [0, 0.05) is 22.4 Å². The topological polar surface area (TPSA) is 21.3 Å². The summed E-state index contributed by atoms with van der Waals surface area (Å²) >= 11 is 2.01. The van der Waals surface area contributed by atoms with Crippen molar-refractivity contribution in [1.82, 2.24) is 5.32 Å². The normalized spacial score (nSPS) is 25.7. The Kier molecular flexibility index (Phi) is 5.03. The number of ether oxygens (including phenoxy) is 1. The number of aryl methyl sites for hydroxylation is 1. The van der Waals surface area contributed by atoms with Crippen LogP contribution < -0.4 is 5.32 Å². The summed E-state index contributed by atoms with van der Waals surface area (Å²) in [6.07, 6.45) is 8.76. The third-order valence-corrected chi connectivity index (χ3v) is 6.53. The first-order chi connectivity index (χ1) is 10.3. The van der Waals surface area contributed by atoms with E-state index in [-0.39, 0.29) is 5.60 Å². The Morgan fingerprint density at radius 1 is 1.38 bits per heavy atom. The van der Waals surface area contributed by atoms with Gasteiger partial charge in [-0.15, -0.1) is 11.3 Å². The molecule has 1 N–H and O–H groups in total. The summed E-state index contributed by atoms with van der Waals surface area (Å²) < 4.78 is 6.12. The lowest BCUT2D eigenvalue weighted by Gasteiger charge is -2.48. The standard InChI is InChI=1S/C18H29NOS/c1-3-11-19-17(16-7-6-15(4-2)21-16)14-8-12-20-18(13-14)9-5-10-18/h6-7,14,17,19H,3-5,8-13H2,1-2H3. The number of hydrogen-bond donors (Lipinski definition) is 1. The van der Waals surface area contributed by atoms with E-state index in [0.29, 0.717) is 6.04 Å². The van der Waals surface area contributed by atoms with Crippen molar-refractivity contribution < 1.29 is 4.74 Å². The first-order valence-corrected chi connectivity index (χ1v) is 9.54. The van der Waals surface area contributed by atoms with Gasteiger partial charge in [0.15, 0.2) is 0 Å². The van der Waals surface area contributed by atoms with Gasteiger partial charge in [-0.1, -0.05) is 13.8 Å². The highest BCUT2D eigenvalue weighted by Crippen LogP contribution is 2.47. The second kappa shape index (κ2) is 6.80. The van der Waals surface area contributed by atoms with Crippen molar-refractivity contribution in [3.05, 3.63) is 21.9 Å². The maximum Gasteiger partial charge on any atom is 0.0686 e. The number of thiophene rings is 1. The molecule has 0 bridgehead atoms. The highest BCUT2D eigenvalue weighted by molar-refractivity contribution is 7.12. The largest absolute Gasteiger partial charge is 0.375 e. The van der Waals surface area contributed by atoms with Crippen LogP contribution in [0.4, 0.5) is 0 Å². The summed E-state index contributed by atoms with van der Waals surface area (Å²) in [6, 6.07) is 5.22. The van der Waals surface area contributed by atoms with Crippen LogP contribution in [-0.2, 0) is 11.2 Å². The van der Waals surface area contributed by atoms with Crippen molar-refractivity contribution in [1.29, 1.82) is 0 Å². The van der Waals surface area contributed by atoms with Gasteiger partial charge in [0.25, 0.3) is 0 Å². The fourth-order valence-corrected chi connectivity index (χ4v) is 4.94. The van der Waals surface area contributed by atoms with Gasteiger partial charge in [-0.05, 0) is 69.5 Å². The number of nitrogens with one attached hydrogen (secondary N) is 1. The second-order valence-corrected chi connectivity index (χ2v) is 7.93. The predicted molar refractivity (Wildman–Crippen MR) is 90.0 cm³/mol. The Morgan fingerprint density at radius 2 is 2.24 bits per heavy atom. The zero-order valence-electron chi connectivity index (χ0n) is 13.5. The predicted octanol–water partition coefficient (Wildman–Crippen LogP) is 4.70. The molecule has 2 aliphatic rings. The van der Waals surface area contributed by atoms with Gasteiger partial charge in [-0.2, -0.15) is 0 Å². The molecule has 2 atom stereocenters. The molecule has 0 aromatic carbocycles. The average Bonchev–Trinajstić information content (AvgIpc) is 2.95. The molecule has 0 radical (unpaired) electrons. The highest BCUT2D eigenvalue weighted by Gasteiger charge is 2.44. The van der Waals surface area contributed by atoms with Crippen molar-refractivity contribution in [3.63, 3.8) is 0 Å². The van der Waals surface area contributed by atoms with Crippen LogP contribution in [0.3, 0.4) is 0 Å². The second-order valence-electron chi connectivity index (χ2n) is 6.73. The molecule has 1 spiro atoms. The third-order valence-electron chi connectivity index (χ3n) is 5.22. The molecule has 1 aliphatic heterocycles. The minimum absolute atomic E-state index is 0.250. The monoisotopic (exact) mass is 307 g/mol. The summed E-state index contributed by atoms with van der Waals surface area (Å²) in [5.41, 5.74) is 0.250. The van der Waals surface area contributed by atoms with Gasteiger partial charge >= 0.3 is 0 Å². The van der Waals surface area contributed by atoms with E-state index in [1.165, 1.54) is 43.4 Å².